The van der Waals surface area contributed by atoms with Crippen molar-refractivity contribution in [3.63, 3.8) is 0 Å². The van der Waals surface area contributed by atoms with Crippen LogP contribution in [0.1, 0.15) is 10.6 Å². The van der Waals surface area contributed by atoms with Crippen LogP contribution in [0.4, 0.5) is 26.3 Å². The van der Waals surface area contributed by atoms with Crippen LogP contribution in [0.5, 0.6) is 0 Å². The largest absolute Gasteiger partial charge is 0.443 e. The van der Waals surface area contributed by atoms with Gasteiger partial charge in [-0.1, -0.05) is 0 Å². The van der Waals surface area contributed by atoms with E-state index in [9.17, 15) is 26.3 Å². The first-order valence-corrected chi connectivity index (χ1v) is 6.48. The van der Waals surface area contributed by atoms with Gasteiger partial charge in [0.25, 0.3) is 0 Å². The zero-order valence-corrected chi connectivity index (χ0v) is 11.1. The van der Waals surface area contributed by atoms with E-state index in [0.29, 0.717) is 17.5 Å². The predicted molar refractivity (Wildman–Crippen MR) is 65.0 cm³/mol. The van der Waals surface area contributed by atoms with Gasteiger partial charge in [0, 0.05) is 11.6 Å². The van der Waals surface area contributed by atoms with Crippen LogP contribution >= 0.6 is 11.3 Å². The van der Waals surface area contributed by atoms with Crippen LogP contribution in [0.3, 0.4) is 0 Å². The number of rotatable bonds is 1. The van der Waals surface area contributed by atoms with Gasteiger partial charge in [-0.05, 0) is 6.07 Å². The van der Waals surface area contributed by atoms with Gasteiger partial charge in [-0.25, -0.2) is 15.0 Å². The number of imidazole rings is 1. The summed E-state index contributed by atoms with van der Waals surface area (Å²) in [6.07, 6.45) is -8.55. The van der Waals surface area contributed by atoms with E-state index in [0.717, 1.165) is 11.4 Å². The number of H-pyrrole nitrogens is 1. The van der Waals surface area contributed by atoms with Gasteiger partial charge in [0.2, 0.25) is 0 Å². The number of aromatic nitrogens is 4. The molecule has 22 heavy (non-hydrogen) atoms. The van der Waals surface area contributed by atoms with Crippen molar-refractivity contribution in [2.75, 3.05) is 0 Å². The maximum absolute atomic E-state index is 12.6. The highest BCUT2D eigenvalue weighted by Crippen LogP contribution is 2.34. The zero-order chi connectivity index (χ0) is 16.1. The van der Waals surface area contributed by atoms with Crippen LogP contribution < -0.4 is 0 Å². The molecule has 0 aliphatic carbocycles. The molecule has 0 saturated carbocycles. The standard InChI is InChI=1S/C11H4F6N4S/c12-10(13,14)4-1-5-7(18-2-4)21-8(19-5)6-3-22-9(20-6)11(15,16)17/h1-3H,(H,18,19,21). The molecule has 3 aromatic heterocycles. The fourth-order valence-electron chi connectivity index (χ4n) is 1.69. The Bertz CT molecular complexity index is 831. The van der Waals surface area contributed by atoms with Crippen molar-refractivity contribution in [1.82, 2.24) is 19.9 Å². The number of alkyl halides is 6. The minimum Gasteiger partial charge on any atom is -0.335 e. The molecule has 3 aromatic rings. The average molecular weight is 338 g/mol. The fraction of sp³-hybridized carbons (Fsp3) is 0.182. The van der Waals surface area contributed by atoms with Crippen LogP contribution in [0.15, 0.2) is 17.6 Å². The maximum Gasteiger partial charge on any atom is 0.443 e. The highest BCUT2D eigenvalue weighted by Gasteiger charge is 2.35. The second-order valence-electron chi connectivity index (χ2n) is 4.21. The Morgan fingerprint density at radius 1 is 1.00 bits per heavy atom. The number of pyridine rings is 1. The lowest BCUT2D eigenvalue weighted by Crippen LogP contribution is -2.05. The molecule has 0 atom stereocenters. The normalized spacial score (nSPS) is 13.0. The van der Waals surface area contributed by atoms with Gasteiger partial charge in [-0.15, -0.1) is 11.3 Å². The molecular weight excluding hydrogens is 334 g/mol. The molecule has 0 bridgehead atoms. The summed E-state index contributed by atoms with van der Waals surface area (Å²) in [6.45, 7) is 0. The van der Waals surface area contributed by atoms with Crippen LogP contribution in [-0.2, 0) is 12.4 Å². The first kappa shape index (κ1) is 14.8. The quantitative estimate of drug-likeness (QED) is 0.679. The van der Waals surface area contributed by atoms with E-state index >= 15 is 0 Å². The first-order chi connectivity index (χ1) is 10.1. The van der Waals surface area contributed by atoms with Crippen molar-refractivity contribution in [3.8, 4) is 11.5 Å². The summed E-state index contributed by atoms with van der Waals surface area (Å²) < 4.78 is 75.2. The van der Waals surface area contributed by atoms with Gasteiger partial charge in [0.1, 0.15) is 5.69 Å². The number of fused-ring (bicyclic) bond motifs is 1. The van der Waals surface area contributed by atoms with E-state index in [1.54, 1.807) is 0 Å². The number of hydrogen-bond acceptors (Lipinski definition) is 4. The first-order valence-electron chi connectivity index (χ1n) is 5.60. The number of thiazole rings is 1. The lowest BCUT2D eigenvalue weighted by molar-refractivity contribution is -0.138. The van der Waals surface area contributed by atoms with Crippen molar-refractivity contribution in [2.45, 2.75) is 12.4 Å². The molecule has 0 saturated heterocycles. The molecule has 0 fully saturated rings. The topological polar surface area (TPSA) is 54.5 Å². The van der Waals surface area contributed by atoms with Gasteiger partial charge >= 0.3 is 12.4 Å². The summed E-state index contributed by atoms with van der Waals surface area (Å²) in [6, 6.07) is 0.788. The minimum atomic E-state index is -4.59. The lowest BCUT2D eigenvalue weighted by atomic mass is 10.2. The van der Waals surface area contributed by atoms with Crippen molar-refractivity contribution in [1.29, 1.82) is 0 Å². The van der Waals surface area contributed by atoms with Crippen LogP contribution in [-0.4, -0.2) is 19.9 Å². The number of nitrogens with one attached hydrogen (secondary N) is 1. The lowest BCUT2D eigenvalue weighted by Gasteiger charge is -2.04. The molecule has 3 heterocycles. The summed E-state index contributed by atoms with van der Waals surface area (Å²) in [7, 11) is 0. The summed E-state index contributed by atoms with van der Waals surface area (Å²) in [5.74, 6) is -0.0754. The highest BCUT2D eigenvalue weighted by molar-refractivity contribution is 7.10. The molecule has 0 spiro atoms. The summed E-state index contributed by atoms with van der Waals surface area (Å²) in [5.41, 5.74) is -1.16. The molecule has 1 N–H and O–H groups in total. The Balaban J connectivity index is 2.04. The van der Waals surface area contributed by atoms with Crippen molar-refractivity contribution in [3.05, 3.63) is 28.2 Å². The summed E-state index contributed by atoms with van der Waals surface area (Å²) >= 11 is 0.372. The van der Waals surface area contributed by atoms with Gasteiger partial charge in [0.15, 0.2) is 16.5 Å². The monoisotopic (exact) mass is 338 g/mol. The second-order valence-corrected chi connectivity index (χ2v) is 5.07. The maximum atomic E-state index is 12.6. The number of aromatic amines is 1. The van der Waals surface area contributed by atoms with E-state index < -0.39 is 22.9 Å². The van der Waals surface area contributed by atoms with Gasteiger partial charge < -0.3 is 4.98 Å². The van der Waals surface area contributed by atoms with Crippen molar-refractivity contribution in [2.24, 2.45) is 0 Å². The number of hydrogen-bond donors (Lipinski definition) is 1. The molecule has 116 valence electrons. The van der Waals surface area contributed by atoms with Crippen molar-refractivity contribution < 1.29 is 26.3 Å². The molecule has 0 aromatic carbocycles. The molecule has 0 aliphatic heterocycles. The molecule has 0 amide bonds. The number of halogens is 6. The van der Waals surface area contributed by atoms with Crippen molar-refractivity contribution >= 4 is 22.5 Å². The van der Waals surface area contributed by atoms with E-state index in [-0.39, 0.29) is 22.7 Å². The van der Waals surface area contributed by atoms with E-state index in [4.69, 9.17) is 0 Å². The van der Waals surface area contributed by atoms with Crippen LogP contribution in [0.25, 0.3) is 22.7 Å². The van der Waals surface area contributed by atoms with Gasteiger partial charge in [-0.3, -0.25) is 0 Å². The molecule has 0 aliphatic rings. The molecule has 0 radical (unpaired) electrons. The van der Waals surface area contributed by atoms with E-state index in [1.807, 2.05) is 0 Å². The minimum absolute atomic E-state index is 0.0358. The summed E-state index contributed by atoms with van der Waals surface area (Å²) in [5, 5.41) is 0.0532. The Labute approximate surface area is 121 Å². The smallest absolute Gasteiger partial charge is 0.335 e. The Hall–Kier alpha value is -2.17. The predicted octanol–water partition coefficient (Wildman–Crippen LogP) is 4.12. The third kappa shape index (κ3) is 2.63. The fourth-order valence-corrected chi connectivity index (χ4v) is 2.36. The third-order valence-electron chi connectivity index (χ3n) is 2.65. The Kier molecular flexibility index (Phi) is 3.13. The van der Waals surface area contributed by atoms with E-state index in [2.05, 4.69) is 19.9 Å². The molecule has 4 nitrogen and oxygen atoms in total. The average Bonchev–Trinajstić information content (AvgIpc) is 3.02. The highest BCUT2D eigenvalue weighted by atomic mass is 32.1. The summed E-state index contributed by atoms with van der Waals surface area (Å²) in [4.78, 5) is 13.2. The third-order valence-corrected chi connectivity index (χ3v) is 3.54. The Morgan fingerprint density at radius 2 is 1.73 bits per heavy atom. The van der Waals surface area contributed by atoms with Gasteiger partial charge in [0.05, 0.1) is 11.1 Å². The number of nitrogens with zero attached hydrogens (tertiary/aromatic N) is 3. The Morgan fingerprint density at radius 3 is 2.32 bits per heavy atom. The second kappa shape index (κ2) is 4.66. The van der Waals surface area contributed by atoms with Gasteiger partial charge in [-0.2, -0.15) is 26.3 Å². The van der Waals surface area contributed by atoms with Crippen LogP contribution in [0.2, 0.25) is 0 Å². The SMILES string of the molecule is FC(F)(F)c1cnc2nc(-c3csc(C(F)(F)F)n3)[nH]c2c1. The van der Waals surface area contributed by atoms with E-state index in [1.165, 1.54) is 0 Å². The van der Waals surface area contributed by atoms with Crippen LogP contribution in [0, 0.1) is 0 Å². The molecular formula is C11H4F6N4S. The molecule has 0 unspecified atom stereocenters. The zero-order valence-electron chi connectivity index (χ0n) is 10.2. The molecule has 11 heteroatoms. The molecule has 3 rings (SSSR count).